The Morgan fingerprint density at radius 1 is 1.52 bits per heavy atom. The minimum atomic E-state index is -0.699. The van der Waals surface area contributed by atoms with Gasteiger partial charge in [0, 0.05) is 17.7 Å². The smallest absolute Gasteiger partial charge is 0.250 e. The Morgan fingerprint density at radius 3 is 2.90 bits per heavy atom. The van der Waals surface area contributed by atoms with Crippen LogP contribution in [0.2, 0.25) is 0 Å². The van der Waals surface area contributed by atoms with Crippen LogP contribution in [0.1, 0.15) is 12.8 Å². The fourth-order valence-electron chi connectivity index (χ4n) is 1.78. The van der Waals surface area contributed by atoms with Gasteiger partial charge >= 0.3 is 0 Å². The molecule has 0 aromatic rings. The maximum atomic E-state index is 13.8. The molecule has 21 heavy (non-hydrogen) atoms. The SMILES string of the molecule is O=C(N=C1C=NC(=C2C=CN(O)C=C2F)C(Cl)=N1)C1CC1. The zero-order valence-corrected chi connectivity index (χ0v) is 11.5. The van der Waals surface area contributed by atoms with E-state index in [1.165, 1.54) is 18.5 Å². The van der Waals surface area contributed by atoms with Crippen LogP contribution in [0, 0.1) is 5.92 Å². The van der Waals surface area contributed by atoms with Crippen LogP contribution < -0.4 is 0 Å². The number of amidine groups is 1. The van der Waals surface area contributed by atoms with Crippen molar-refractivity contribution in [3.63, 3.8) is 0 Å². The molecular weight excluding hydrogens is 299 g/mol. The molecule has 2 aliphatic heterocycles. The van der Waals surface area contributed by atoms with E-state index >= 15 is 0 Å². The molecular formula is C13H10ClFN4O2. The molecule has 1 saturated carbocycles. The number of aliphatic imine (C=N–C) groups is 3. The molecule has 0 radical (unpaired) electrons. The van der Waals surface area contributed by atoms with E-state index in [9.17, 15) is 9.18 Å². The average molecular weight is 309 g/mol. The van der Waals surface area contributed by atoms with Gasteiger partial charge in [0.15, 0.2) is 16.8 Å². The van der Waals surface area contributed by atoms with Crippen molar-refractivity contribution in [1.29, 1.82) is 0 Å². The molecule has 0 aromatic carbocycles. The van der Waals surface area contributed by atoms with Gasteiger partial charge in [-0.05, 0) is 18.9 Å². The first kappa shape index (κ1) is 13.8. The lowest BCUT2D eigenvalue weighted by Gasteiger charge is -2.15. The fraction of sp³-hybridized carbons (Fsp3) is 0.231. The molecule has 1 N–H and O–H groups in total. The number of amides is 1. The highest BCUT2D eigenvalue weighted by Gasteiger charge is 2.30. The first-order chi connectivity index (χ1) is 10.0. The summed E-state index contributed by atoms with van der Waals surface area (Å²) in [5, 5.41) is 9.63. The second-order valence-electron chi connectivity index (χ2n) is 4.68. The minimum absolute atomic E-state index is 0.0168. The Balaban J connectivity index is 1.89. The van der Waals surface area contributed by atoms with E-state index in [1.807, 2.05) is 0 Å². The summed E-state index contributed by atoms with van der Waals surface area (Å²) >= 11 is 5.97. The van der Waals surface area contributed by atoms with Gasteiger partial charge in [0.05, 0.1) is 12.4 Å². The molecule has 1 amide bonds. The van der Waals surface area contributed by atoms with E-state index in [4.69, 9.17) is 16.8 Å². The van der Waals surface area contributed by atoms with Crippen LogP contribution >= 0.6 is 11.6 Å². The molecule has 1 fully saturated rings. The molecule has 0 unspecified atom stereocenters. The molecule has 0 bridgehead atoms. The summed E-state index contributed by atoms with van der Waals surface area (Å²) in [6, 6.07) is 0. The standard InChI is InChI=1S/C13H10ClFN4O2/c14-12-11(8-3-4-19(21)6-9(8)15)16-5-10(17-12)18-13(20)7-1-2-7/h3-7,21H,1-2H2. The molecule has 0 spiro atoms. The molecule has 8 heteroatoms. The number of hydrogen-bond donors (Lipinski definition) is 1. The number of rotatable bonds is 1. The zero-order valence-electron chi connectivity index (χ0n) is 10.7. The summed E-state index contributed by atoms with van der Waals surface area (Å²) in [6.45, 7) is 0. The van der Waals surface area contributed by atoms with E-state index in [2.05, 4.69) is 15.0 Å². The van der Waals surface area contributed by atoms with Gasteiger partial charge < -0.3 is 0 Å². The summed E-state index contributed by atoms with van der Waals surface area (Å²) in [7, 11) is 0. The first-order valence-corrected chi connectivity index (χ1v) is 6.61. The summed E-state index contributed by atoms with van der Waals surface area (Å²) in [4.78, 5) is 23.3. The molecule has 3 aliphatic rings. The van der Waals surface area contributed by atoms with Crippen LogP contribution in [0.15, 0.2) is 50.6 Å². The average Bonchev–Trinajstić information content (AvgIpc) is 3.24. The predicted molar refractivity (Wildman–Crippen MR) is 75.9 cm³/mol. The molecule has 3 rings (SSSR count). The van der Waals surface area contributed by atoms with E-state index in [1.54, 1.807) is 0 Å². The molecule has 108 valence electrons. The first-order valence-electron chi connectivity index (χ1n) is 6.23. The van der Waals surface area contributed by atoms with Gasteiger partial charge in [-0.15, -0.1) is 0 Å². The fourth-order valence-corrected chi connectivity index (χ4v) is 2.02. The predicted octanol–water partition coefficient (Wildman–Crippen LogP) is 2.33. The van der Waals surface area contributed by atoms with Crippen LogP contribution in [-0.2, 0) is 4.79 Å². The number of carbonyl (C=O) groups excluding carboxylic acids is 1. The van der Waals surface area contributed by atoms with Crippen molar-refractivity contribution in [3.05, 3.63) is 35.6 Å². The highest BCUT2D eigenvalue weighted by molar-refractivity contribution is 6.71. The van der Waals surface area contributed by atoms with Crippen LogP contribution in [0.4, 0.5) is 4.39 Å². The van der Waals surface area contributed by atoms with Crippen molar-refractivity contribution in [2.75, 3.05) is 0 Å². The lowest BCUT2D eigenvalue weighted by atomic mass is 10.1. The van der Waals surface area contributed by atoms with Crippen LogP contribution in [0.25, 0.3) is 0 Å². The highest BCUT2D eigenvalue weighted by Crippen LogP contribution is 2.30. The molecule has 6 nitrogen and oxygen atoms in total. The summed E-state index contributed by atoms with van der Waals surface area (Å²) in [5.74, 6) is -0.846. The van der Waals surface area contributed by atoms with Crippen molar-refractivity contribution in [3.8, 4) is 0 Å². The number of nitrogens with zero attached hydrogens (tertiary/aromatic N) is 4. The topological polar surface area (TPSA) is 77.6 Å². The molecule has 0 aromatic heterocycles. The van der Waals surface area contributed by atoms with Gasteiger partial charge in [0.1, 0.15) is 5.70 Å². The third kappa shape index (κ3) is 2.98. The maximum Gasteiger partial charge on any atom is 0.250 e. The van der Waals surface area contributed by atoms with Gasteiger partial charge in [-0.1, -0.05) is 11.6 Å². The normalized spacial score (nSPS) is 27.0. The van der Waals surface area contributed by atoms with Gasteiger partial charge in [-0.2, -0.15) is 4.99 Å². The van der Waals surface area contributed by atoms with Crippen molar-refractivity contribution in [2.45, 2.75) is 12.8 Å². The number of halogens is 2. The van der Waals surface area contributed by atoms with Gasteiger partial charge in [-0.3, -0.25) is 10.0 Å². The Labute approximate surface area is 124 Å². The number of carbonyl (C=O) groups is 1. The Hall–Kier alpha value is -2.12. The van der Waals surface area contributed by atoms with E-state index in [0.717, 1.165) is 19.0 Å². The summed E-state index contributed by atoms with van der Waals surface area (Å²) < 4.78 is 13.8. The number of hydroxylamine groups is 2. The Bertz CT molecular complexity index is 686. The number of hydrogen-bond acceptors (Lipinski definition) is 4. The molecule has 0 atom stereocenters. The maximum absolute atomic E-state index is 13.8. The van der Waals surface area contributed by atoms with Crippen molar-refractivity contribution in [2.24, 2.45) is 20.9 Å². The van der Waals surface area contributed by atoms with Gasteiger partial charge in [0.2, 0.25) is 0 Å². The third-order valence-corrected chi connectivity index (χ3v) is 3.28. The van der Waals surface area contributed by atoms with Crippen LogP contribution in [0.5, 0.6) is 0 Å². The van der Waals surface area contributed by atoms with Gasteiger partial charge in [-0.25, -0.2) is 19.4 Å². The lowest BCUT2D eigenvalue weighted by Crippen LogP contribution is -2.14. The van der Waals surface area contributed by atoms with Crippen molar-refractivity contribution >= 4 is 34.7 Å². The van der Waals surface area contributed by atoms with Gasteiger partial charge in [0.25, 0.3) is 5.91 Å². The number of allylic oxidation sites excluding steroid dienone is 4. The van der Waals surface area contributed by atoms with Crippen molar-refractivity contribution < 1.29 is 14.4 Å². The van der Waals surface area contributed by atoms with E-state index in [-0.39, 0.29) is 34.1 Å². The monoisotopic (exact) mass is 308 g/mol. The Morgan fingerprint density at radius 2 is 2.29 bits per heavy atom. The summed E-state index contributed by atoms with van der Waals surface area (Å²) in [5.41, 5.74) is 0.213. The third-order valence-electron chi connectivity index (χ3n) is 3.02. The molecule has 2 heterocycles. The quantitative estimate of drug-likeness (QED) is 0.807. The van der Waals surface area contributed by atoms with Crippen LogP contribution in [0.3, 0.4) is 0 Å². The lowest BCUT2D eigenvalue weighted by molar-refractivity contribution is -0.118. The van der Waals surface area contributed by atoms with Crippen LogP contribution in [-0.4, -0.2) is 33.4 Å². The second kappa shape index (κ2) is 5.34. The molecule has 1 aliphatic carbocycles. The minimum Gasteiger partial charge on any atom is -0.285 e. The second-order valence-corrected chi connectivity index (χ2v) is 5.04. The van der Waals surface area contributed by atoms with Crippen molar-refractivity contribution in [1.82, 2.24) is 5.06 Å². The Kier molecular flexibility index (Phi) is 3.52. The molecule has 0 saturated heterocycles. The highest BCUT2D eigenvalue weighted by atomic mass is 35.5. The largest absolute Gasteiger partial charge is 0.285 e. The van der Waals surface area contributed by atoms with E-state index < -0.39 is 5.83 Å². The summed E-state index contributed by atoms with van der Waals surface area (Å²) in [6.07, 6.45) is 6.39. The van der Waals surface area contributed by atoms with E-state index in [0.29, 0.717) is 5.06 Å². The zero-order chi connectivity index (χ0) is 15.0.